The summed E-state index contributed by atoms with van der Waals surface area (Å²) in [5, 5.41) is 7.29. The molecule has 7 nitrogen and oxygen atoms in total. The third-order valence-corrected chi connectivity index (χ3v) is 4.56. The van der Waals surface area contributed by atoms with Gasteiger partial charge >= 0.3 is 5.97 Å². The Kier molecular flexibility index (Phi) is 6.23. The quantitative estimate of drug-likeness (QED) is 0.499. The van der Waals surface area contributed by atoms with Crippen LogP contribution in [-0.4, -0.2) is 55.3 Å². The molecule has 1 N–H and O–H groups in total. The summed E-state index contributed by atoms with van der Waals surface area (Å²) in [6.07, 6.45) is 0.792. The number of guanidine groups is 1. The predicted molar refractivity (Wildman–Crippen MR) is 91.9 cm³/mol. The van der Waals surface area contributed by atoms with Gasteiger partial charge in [-0.25, -0.2) is 0 Å². The lowest BCUT2D eigenvalue weighted by molar-refractivity contribution is -0.145. The first kappa shape index (κ1) is 18.3. The molecule has 1 saturated heterocycles. The molecule has 2 unspecified atom stereocenters. The molecule has 2 rings (SSSR count). The second-order valence-corrected chi connectivity index (χ2v) is 6.30. The number of rotatable bonds is 5. The average Bonchev–Trinajstić information content (AvgIpc) is 3.10. The largest absolute Gasteiger partial charge is 0.469 e. The first-order valence-electron chi connectivity index (χ1n) is 8.50. The van der Waals surface area contributed by atoms with Gasteiger partial charge in [0.2, 0.25) is 0 Å². The van der Waals surface area contributed by atoms with Crippen LogP contribution in [0.5, 0.6) is 0 Å². The molecule has 1 aromatic rings. The zero-order valence-corrected chi connectivity index (χ0v) is 15.3. The van der Waals surface area contributed by atoms with E-state index in [1.54, 1.807) is 0 Å². The highest BCUT2D eigenvalue weighted by Crippen LogP contribution is 2.24. The Balaban J connectivity index is 2.02. The second kappa shape index (κ2) is 8.17. The van der Waals surface area contributed by atoms with Crippen molar-refractivity contribution in [3.8, 4) is 0 Å². The number of carbonyl (C=O) groups excluding carboxylic acids is 1. The number of methoxy groups -OCH3 is 1. The van der Waals surface area contributed by atoms with Crippen molar-refractivity contribution in [1.29, 1.82) is 0 Å². The molecule has 2 heterocycles. The summed E-state index contributed by atoms with van der Waals surface area (Å²) in [5.74, 6) is 1.72. The average molecular weight is 336 g/mol. The van der Waals surface area contributed by atoms with E-state index in [-0.39, 0.29) is 17.8 Å². The van der Waals surface area contributed by atoms with Gasteiger partial charge in [-0.3, -0.25) is 9.79 Å². The molecule has 0 saturated carbocycles. The summed E-state index contributed by atoms with van der Waals surface area (Å²) in [6, 6.07) is 0. The summed E-state index contributed by atoms with van der Waals surface area (Å²) in [6.45, 7) is 10.9. The van der Waals surface area contributed by atoms with Crippen molar-refractivity contribution >= 4 is 11.9 Å². The Morgan fingerprint density at radius 3 is 2.79 bits per heavy atom. The minimum absolute atomic E-state index is 0.0959. The molecule has 0 aliphatic carbocycles. The van der Waals surface area contributed by atoms with Gasteiger partial charge in [0.1, 0.15) is 5.76 Å². The number of likely N-dealkylation sites (tertiary alicyclic amines) is 1. The van der Waals surface area contributed by atoms with Crippen LogP contribution in [0.3, 0.4) is 0 Å². The summed E-state index contributed by atoms with van der Waals surface area (Å²) in [5.41, 5.74) is 2.05. The second-order valence-electron chi connectivity index (χ2n) is 6.30. The van der Waals surface area contributed by atoms with Crippen molar-refractivity contribution in [3.63, 3.8) is 0 Å². The summed E-state index contributed by atoms with van der Waals surface area (Å²) >= 11 is 0. The molecule has 0 bridgehead atoms. The van der Waals surface area contributed by atoms with Crippen LogP contribution in [0, 0.1) is 25.7 Å². The van der Waals surface area contributed by atoms with Gasteiger partial charge < -0.3 is 19.5 Å². The molecule has 134 valence electrons. The van der Waals surface area contributed by atoms with Crippen LogP contribution in [0.4, 0.5) is 0 Å². The fraction of sp³-hybridized carbons (Fsp3) is 0.706. The van der Waals surface area contributed by atoms with E-state index >= 15 is 0 Å². The number of hydrogen-bond donors (Lipinski definition) is 1. The van der Waals surface area contributed by atoms with Crippen molar-refractivity contribution < 1.29 is 14.1 Å². The van der Waals surface area contributed by atoms with Crippen molar-refractivity contribution in [1.82, 2.24) is 15.4 Å². The van der Waals surface area contributed by atoms with Gasteiger partial charge in [-0.1, -0.05) is 12.1 Å². The van der Waals surface area contributed by atoms with Crippen molar-refractivity contribution in [2.24, 2.45) is 16.8 Å². The number of aliphatic imine (C=N–C) groups is 1. The van der Waals surface area contributed by atoms with Gasteiger partial charge in [0.15, 0.2) is 5.96 Å². The van der Waals surface area contributed by atoms with E-state index in [4.69, 9.17) is 14.3 Å². The van der Waals surface area contributed by atoms with Crippen LogP contribution in [0.25, 0.3) is 0 Å². The maximum absolute atomic E-state index is 11.9. The summed E-state index contributed by atoms with van der Waals surface area (Å²) < 4.78 is 10.1. The first-order valence-corrected chi connectivity index (χ1v) is 8.50. The molecule has 7 heteroatoms. The molecule has 1 aromatic heterocycles. The van der Waals surface area contributed by atoms with Crippen LogP contribution in [-0.2, 0) is 16.0 Å². The van der Waals surface area contributed by atoms with Crippen LogP contribution in [0.15, 0.2) is 9.52 Å². The van der Waals surface area contributed by atoms with Gasteiger partial charge in [-0.15, -0.1) is 0 Å². The van der Waals surface area contributed by atoms with Crippen molar-refractivity contribution in [3.05, 3.63) is 17.0 Å². The SMILES string of the molecule is CCNC(=NCCc1c(C)noc1C)N1CC(C)C(C(=O)OC)C1. The molecular weight excluding hydrogens is 308 g/mol. The molecule has 1 fully saturated rings. The van der Waals surface area contributed by atoms with E-state index in [0.717, 1.165) is 42.5 Å². The molecule has 0 spiro atoms. The fourth-order valence-electron chi connectivity index (χ4n) is 3.16. The third kappa shape index (κ3) is 4.07. The van der Waals surface area contributed by atoms with E-state index in [2.05, 4.69) is 22.3 Å². The Labute approximate surface area is 143 Å². The van der Waals surface area contributed by atoms with Crippen molar-refractivity contribution in [2.45, 2.75) is 34.1 Å². The Morgan fingerprint density at radius 1 is 1.46 bits per heavy atom. The van der Waals surface area contributed by atoms with Crippen LogP contribution >= 0.6 is 0 Å². The van der Waals surface area contributed by atoms with E-state index in [1.807, 2.05) is 20.8 Å². The number of esters is 1. The number of nitrogens with one attached hydrogen (secondary N) is 1. The highest BCUT2D eigenvalue weighted by Gasteiger charge is 2.36. The monoisotopic (exact) mass is 336 g/mol. The highest BCUT2D eigenvalue weighted by molar-refractivity contribution is 5.82. The first-order chi connectivity index (χ1) is 11.5. The Bertz CT molecular complexity index is 577. The molecule has 2 atom stereocenters. The van der Waals surface area contributed by atoms with Crippen LogP contribution in [0.2, 0.25) is 0 Å². The van der Waals surface area contributed by atoms with E-state index in [1.165, 1.54) is 7.11 Å². The smallest absolute Gasteiger partial charge is 0.310 e. The predicted octanol–water partition coefficient (Wildman–Crippen LogP) is 1.54. The van der Waals surface area contributed by atoms with E-state index in [9.17, 15) is 4.79 Å². The topological polar surface area (TPSA) is 80.0 Å². The minimum atomic E-state index is -0.142. The van der Waals surface area contributed by atoms with Crippen molar-refractivity contribution in [2.75, 3.05) is 33.3 Å². The lowest BCUT2D eigenvalue weighted by atomic mass is 9.99. The molecule has 1 aliphatic rings. The lowest BCUT2D eigenvalue weighted by Crippen LogP contribution is -2.40. The third-order valence-electron chi connectivity index (χ3n) is 4.56. The van der Waals surface area contributed by atoms with E-state index < -0.39 is 0 Å². The summed E-state index contributed by atoms with van der Waals surface area (Å²) in [7, 11) is 1.45. The molecular formula is C17H28N4O3. The van der Waals surface area contributed by atoms with Crippen LogP contribution < -0.4 is 5.32 Å². The van der Waals surface area contributed by atoms with Gasteiger partial charge in [0.05, 0.1) is 18.7 Å². The minimum Gasteiger partial charge on any atom is -0.469 e. The summed E-state index contributed by atoms with van der Waals surface area (Å²) in [4.78, 5) is 18.7. The number of nitrogens with zero attached hydrogens (tertiary/aromatic N) is 3. The molecule has 24 heavy (non-hydrogen) atoms. The number of ether oxygens (including phenoxy) is 1. The maximum atomic E-state index is 11.9. The maximum Gasteiger partial charge on any atom is 0.310 e. The number of carbonyl (C=O) groups is 1. The molecule has 0 amide bonds. The van der Waals surface area contributed by atoms with Crippen LogP contribution in [0.1, 0.15) is 30.9 Å². The molecule has 1 aliphatic heterocycles. The highest BCUT2D eigenvalue weighted by atomic mass is 16.5. The van der Waals surface area contributed by atoms with Gasteiger partial charge in [0, 0.05) is 31.7 Å². The van der Waals surface area contributed by atoms with Gasteiger partial charge in [0.25, 0.3) is 0 Å². The number of aromatic nitrogens is 1. The molecule has 0 aromatic carbocycles. The fourth-order valence-corrected chi connectivity index (χ4v) is 3.16. The number of aryl methyl sites for hydroxylation is 2. The number of hydrogen-bond acceptors (Lipinski definition) is 5. The Hall–Kier alpha value is -2.05. The lowest BCUT2D eigenvalue weighted by Gasteiger charge is -2.21. The normalized spacial score (nSPS) is 21.2. The zero-order chi connectivity index (χ0) is 17.7. The van der Waals surface area contributed by atoms with Gasteiger partial charge in [-0.2, -0.15) is 0 Å². The Morgan fingerprint density at radius 2 is 2.21 bits per heavy atom. The molecule has 0 radical (unpaired) electrons. The van der Waals surface area contributed by atoms with E-state index in [0.29, 0.717) is 13.1 Å². The van der Waals surface area contributed by atoms with Gasteiger partial charge in [-0.05, 0) is 33.1 Å². The zero-order valence-electron chi connectivity index (χ0n) is 15.3. The standard InChI is InChI=1S/C17H28N4O3/c1-6-18-17(19-8-7-14-12(3)20-24-13(14)4)21-9-11(2)15(10-21)16(22)23-5/h11,15H,6-10H2,1-5H3,(H,18,19).